The molecule has 1 heterocycles. The summed E-state index contributed by atoms with van der Waals surface area (Å²) in [7, 11) is 0. The second-order valence-electron chi connectivity index (χ2n) is 8.73. The Hall–Kier alpha value is -4.26. The first-order valence-electron chi connectivity index (χ1n) is 11.6. The van der Waals surface area contributed by atoms with Crippen LogP contribution in [0.2, 0.25) is 10.0 Å². The number of fused-ring (bicyclic) bond motifs is 1. The fourth-order valence-electron chi connectivity index (χ4n) is 4.16. The highest BCUT2D eigenvalue weighted by Gasteiger charge is 2.37. The van der Waals surface area contributed by atoms with Crippen LogP contribution in [0.15, 0.2) is 91.0 Å². The molecule has 1 aliphatic heterocycles. The van der Waals surface area contributed by atoms with E-state index in [0.717, 1.165) is 10.5 Å². The number of halogens is 2. The van der Waals surface area contributed by atoms with Crippen molar-refractivity contribution in [3.63, 3.8) is 0 Å². The number of ether oxygens (including phenoxy) is 1. The molecule has 0 aliphatic carbocycles. The molecule has 4 aromatic rings. The SMILES string of the molecule is Cc1ccc(C(=O)[C@H](OC(=O)c2ccc(N3C(=O)c4cc(Cl)c(Cl)cc4C3=O)cc2)c2ccccc2)cc1. The van der Waals surface area contributed by atoms with Crippen LogP contribution < -0.4 is 4.90 Å². The van der Waals surface area contributed by atoms with Crippen LogP contribution in [0, 0.1) is 6.92 Å². The molecule has 0 radical (unpaired) electrons. The average molecular weight is 544 g/mol. The Morgan fingerprint density at radius 1 is 0.737 bits per heavy atom. The van der Waals surface area contributed by atoms with E-state index in [1.165, 1.54) is 36.4 Å². The highest BCUT2D eigenvalue weighted by Crippen LogP contribution is 2.34. The minimum Gasteiger partial charge on any atom is -0.445 e. The summed E-state index contributed by atoms with van der Waals surface area (Å²) in [5.74, 6) is -2.19. The van der Waals surface area contributed by atoms with E-state index in [1.54, 1.807) is 42.5 Å². The molecule has 38 heavy (non-hydrogen) atoms. The van der Waals surface area contributed by atoms with Crippen LogP contribution in [0.3, 0.4) is 0 Å². The van der Waals surface area contributed by atoms with E-state index in [9.17, 15) is 19.2 Å². The number of esters is 1. The molecular formula is C30H19Cl2NO5. The summed E-state index contributed by atoms with van der Waals surface area (Å²) in [5.41, 5.74) is 2.65. The Labute approximate surface area is 228 Å². The van der Waals surface area contributed by atoms with Crippen molar-refractivity contribution in [1.82, 2.24) is 0 Å². The van der Waals surface area contributed by atoms with Gasteiger partial charge in [-0.25, -0.2) is 9.69 Å². The Morgan fingerprint density at radius 3 is 1.82 bits per heavy atom. The molecule has 0 bridgehead atoms. The maximum Gasteiger partial charge on any atom is 0.339 e. The van der Waals surface area contributed by atoms with E-state index in [1.807, 2.05) is 19.1 Å². The lowest BCUT2D eigenvalue weighted by Crippen LogP contribution is -2.29. The van der Waals surface area contributed by atoms with Gasteiger partial charge >= 0.3 is 5.97 Å². The highest BCUT2D eigenvalue weighted by molar-refractivity contribution is 6.44. The first-order chi connectivity index (χ1) is 18.2. The van der Waals surface area contributed by atoms with Gasteiger partial charge in [0.2, 0.25) is 5.78 Å². The lowest BCUT2D eigenvalue weighted by atomic mass is 9.99. The predicted molar refractivity (Wildman–Crippen MR) is 144 cm³/mol. The number of rotatable bonds is 6. The third-order valence-electron chi connectivity index (χ3n) is 6.19. The van der Waals surface area contributed by atoms with E-state index >= 15 is 0 Å². The summed E-state index contributed by atoms with van der Waals surface area (Å²) in [4.78, 5) is 53.2. The molecule has 1 atom stereocenters. The quantitative estimate of drug-likeness (QED) is 0.150. The maximum atomic E-state index is 13.3. The van der Waals surface area contributed by atoms with Crippen molar-refractivity contribution in [2.45, 2.75) is 13.0 Å². The Kier molecular flexibility index (Phi) is 6.85. The number of carbonyl (C=O) groups excluding carboxylic acids is 4. The molecule has 2 amide bonds. The van der Waals surface area contributed by atoms with Gasteiger partial charge in [-0.2, -0.15) is 0 Å². The predicted octanol–water partition coefficient (Wildman–Crippen LogP) is 6.88. The van der Waals surface area contributed by atoms with Crippen molar-refractivity contribution in [3.8, 4) is 0 Å². The van der Waals surface area contributed by atoms with Crippen LogP contribution in [0.4, 0.5) is 5.69 Å². The molecule has 1 aliphatic rings. The van der Waals surface area contributed by atoms with Gasteiger partial charge in [0.15, 0.2) is 6.10 Å². The molecule has 0 aromatic heterocycles. The largest absolute Gasteiger partial charge is 0.445 e. The van der Waals surface area contributed by atoms with Gasteiger partial charge in [0.1, 0.15) is 0 Å². The number of hydrogen-bond donors (Lipinski definition) is 0. The molecule has 4 aromatic carbocycles. The van der Waals surface area contributed by atoms with Crippen molar-refractivity contribution in [2.24, 2.45) is 0 Å². The zero-order chi connectivity index (χ0) is 27.0. The van der Waals surface area contributed by atoms with Crippen LogP contribution in [0.5, 0.6) is 0 Å². The average Bonchev–Trinajstić information content (AvgIpc) is 3.16. The van der Waals surface area contributed by atoms with E-state index in [0.29, 0.717) is 11.1 Å². The lowest BCUT2D eigenvalue weighted by molar-refractivity contribution is 0.0280. The number of carbonyl (C=O) groups is 4. The first kappa shape index (κ1) is 25.4. The van der Waals surface area contributed by atoms with Crippen molar-refractivity contribution in [3.05, 3.63) is 134 Å². The van der Waals surface area contributed by atoms with E-state index in [2.05, 4.69) is 0 Å². The normalized spacial score (nSPS) is 13.3. The summed E-state index contributed by atoms with van der Waals surface area (Å²) in [6.07, 6.45) is -1.16. The zero-order valence-corrected chi connectivity index (χ0v) is 21.5. The molecule has 188 valence electrons. The number of Topliss-reactive ketones (excluding diaryl/α,β-unsaturated/α-hetero) is 1. The number of ketones is 1. The summed E-state index contributed by atoms with van der Waals surface area (Å²) >= 11 is 12.0. The summed E-state index contributed by atoms with van der Waals surface area (Å²) < 4.78 is 5.69. The number of benzene rings is 4. The highest BCUT2D eigenvalue weighted by atomic mass is 35.5. The summed E-state index contributed by atoms with van der Waals surface area (Å²) in [6.45, 7) is 1.92. The number of anilines is 1. The monoisotopic (exact) mass is 543 g/mol. The first-order valence-corrected chi connectivity index (χ1v) is 12.3. The fraction of sp³-hybridized carbons (Fsp3) is 0.0667. The van der Waals surface area contributed by atoms with Crippen molar-refractivity contribution in [1.29, 1.82) is 0 Å². The molecular weight excluding hydrogens is 525 g/mol. The van der Waals surface area contributed by atoms with Gasteiger partial charge < -0.3 is 4.74 Å². The van der Waals surface area contributed by atoms with Crippen molar-refractivity contribution >= 4 is 52.5 Å². The number of hydrogen-bond acceptors (Lipinski definition) is 5. The molecule has 0 saturated heterocycles. The lowest BCUT2D eigenvalue weighted by Gasteiger charge is -2.18. The summed E-state index contributed by atoms with van der Waals surface area (Å²) in [5, 5.41) is 0.333. The smallest absolute Gasteiger partial charge is 0.339 e. The molecule has 6 nitrogen and oxygen atoms in total. The molecule has 8 heteroatoms. The van der Waals surface area contributed by atoms with Gasteiger partial charge in [-0.05, 0) is 43.3 Å². The van der Waals surface area contributed by atoms with Crippen molar-refractivity contribution < 1.29 is 23.9 Å². The van der Waals surface area contributed by atoms with E-state index in [4.69, 9.17) is 27.9 Å². The van der Waals surface area contributed by atoms with E-state index < -0.39 is 23.9 Å². The zero-order valence-electron chi connectivity index (χ0n) is 20.0. The van der Waals surface area contributed by atoms with Crippen LogP contribution in [0.25, 0.3) is 0 Å². The Morgan fingerprint density at radius 2 is 1.26 bits per heavy atom. The summed E-state index contributed by atoms with van der Waals surface area (Å²) in [6, 6.07) is 24.3. The van der Waals surface area contributed by atoms with Gasteiger partial charge in [0.25, 0.3) is 11.8 Å². The molecule has 0 fully saturated rings. The molecule has 0 N–H and O–H groups in total. The van der Waals surface area contributed by atoms with Crippen LogP contribution in [0.1, 0.15) is 58.7 Å². The minimum absolute atomic E-state index is 0.146. The van der Waals surface area contributed by atoms with Gasteiger partial charge in [0.05, 0.1) is 32.4 Å². The molecule has 0 saturated carbocycles. The van der Waals surface area contributed by atoms with Crippen LogP contribution >= 0.6 is 23.2 Å². The number of aryl methyl sites for hydroxylation is 1. The van der Waals surface area contributed by atoms with Crippen LogP contribution in [-0.4, -0.2) is 23.6 Å². The maximum absolute atomic E-state index is 13.3. The van der Waals surface area contributed by atoms with Gasteiger partial charge in [-0.15, -0.1) is 0 Å². The number of imide groups is 1. The Bertz CT molecular complexity index is 1540. The van der Waals surface area contributed by atoms with E-state index in [-0.39, 0.29) is 38.2 Å². The van der Waals surface area contributed by atoms with Gasteiger partial charge in [-0.3, -0.25) is 14.4 Å². The molecule has 0 spiro atoms. The van der Waals surface area contributed by atoms with Crippen molar-refractivity contribution in [2.75, 3.05) is 4.90 Å². The fourth-order valence-corrected chi connectivity index (χ4v) is 4.49. The number of amides is 2. The minimum atomic E-state index is -1.16. The van der Waals surface area contributed by atoms with Gasteiger partial charge in [-0.1, -0.05) is 83.4 Å². The third kappa shape index (κ3) is 4.72. The Balaban J connectivity index is 1.39. The standard InChI is InChI=1S/C30H19Cl2NO5/c1-17-7-9-18(10-8-17)26(34)27(19-5-3-2-4-6-19)38-30(37)20-11-13-21(14-12-20)33-28(35)22-15-24(31)25(32)16-23(22)29(33)36/h2-16,27H,1H3/t27-/m1/s1. The topological polar surface area (TPSA) is 80.8 Å². The molecule has 5 rings (SSSR count). The second kappa shape index (κ2) is 10.2. The van der Waals surface area contributed by atoms with Crippen LogP contribution in [-0.2, 0) is 4.74 Å². The third-order valence-corrected chi connectivity index (χ3v) is 6.91. The molecule has 0 unspecified atom stereocenters. The van der Waals surface area contributed by atoms with Gasteiger partial charge in [0, 0.05) is 11.1 Å². The second-order valence-corrected chi connectivity index (χ2v) is 9.55. The number of nitrogens with zero attached hydrogens (tertiary/aromatic N) is 1.